The molecule has 1 N–H and O–H groups in total. The summed E-state index contributed by atoms with van der Waals surface area (Å²) in [6.07, 6.45) is 0. The van der Waals surface area contributed by atoms with E-state index in [0.717, 1.165) is 17.1 Å². The van der Waals surface area contributed by atoms with Crippen molar-refractivity contribution in [1.82, 2.24) is 0 Å². The van der Waals surface area contributed by atoms with Crippen molar-refractivity contribution in [2.24, 2.45) is 0 Å². The van der Waals surface area contributed by atoms with Gasteiger partial charge in [-0.25, -0.2) is 0 Å². The highest BCUT2D eigenvalue weighted by Crippen LogP contribution is 2.26. The lowest BCUT2D eigenvalue weighted by molar-refractivity contribution is 0.300. The molecule has 0 aliphatic rings. The van der Waals surface area contributed by atoms with Gasteiger partial charge in [0.05, 0.1) is 25.3 Å². The molecule has 4 heteroatoms. The second kappa shape index (κ2) is 6.41. The molecular weight excluding hydrogens is 222 g/mol. The van der Waals surface area contributed by atoms with E-state index in [4.69, 9.17) is 15.1 Å². The van der Waals surface area contributed by atoms with Crippen LogP contribution in [0.25, 0.3) is 0 Å². The van der Waals surface area contributed by atoms with Crippen molar-refractivity contribution in [3.05, 3.63) is 29.3 Å². The number of rotatable bonds is 5. The van der Waals surface area contributed by atoms with Crippen LogP contribution >= 0.6 is 11.8 Å². The summed E-state index contributed by atoms with van der Waals surface area (Å²) in [6.45, 7) is 2.12. The van der Waals surface area contributed by atoms with Gasteiger partial charge in [0.25, 0.3) is 0 Å². The van der Waals surface area contributed by atoms with Gasteiger partial charge in [0.15, 0.2) is 0 Å². The Morgan fingerprint density at radius 3 is 2.88 bits per heavy atom. The van der Waals surface area contributed by atoms with Crippen LogP contribution < -0.4 is 4.74 Å². The van der Waals surface area contributed by atoms with Crippen molar-refractivity contribution < 1.29 is 9.84 Å². The Morgan fingerprint density at radius 1 is 1.56 bits per heavy atom. The summed E-state index contributed by atoms with van der Waals surface area (Å²) in [5.74, 6) is 1.53. The van der Waals surface area contributed by atoms with E-state index in [9.17, 15) is 0 Å². The Labute approximate surface area is 100 Å². The van der Waals surface area contributed by atoms with Gasteiger partial charge >= 0.3 is 0 Å². The Balaban J connectivity index is 2.80. The minimum absolute atomic E-state index is 0.158. The number of thioether (sulfide) groups is 1. The maximum atomic E-state index is 8.94. The van der Waals surface area contributed by atoms with Gasteiger partial charge in [0.1, 0.15) is 5.75 Å². The molecule has 0 spiro atoms. The van der Waals surface area contributed by atoms with Crippen molar-refractivity contribution in [3.8, 4) is 11.8 Å². The Kier molecular flexibility index (Phi) is 5.17. The molecular formula is C12H15NO2S. The second-order valence-electron chi connectivity index (χ2n) is 3.44. The van der Waals surface area contributed by atoms with Crippen molar-refractivity contribution in [2.75, 3.05) is 13.7 Å². The average Bonchev–Trinajstić information content (AvgIpc) is 2.35. The molecule has 1 unspecified atom stereocenters. The first-order valence-corrected chi connectivity index (χ1v) is 6.05. The van der Waals surface area contributed by atoms with Crippen molar-refractivity contribution >= 4 is 11.8 Å². The summed E-state index contributed by atoms with van der Waals surface area (Å²) in [5.41, 5.74) is 1.62. The molecule has 0 saturated heterocycles. The summed E-state index contributed by atoms with van der Waals surface area (Å²) < 4.78 is 5.23. The van der Waals surface area contributed by atoms with Crippen LogP contribution in [0, 0.1) is 11.3 Å². The van der Waals surface area contributed by atoms with Gasteiger partial charge in [-0.2, -0.15) is 17.0 Å². The van der Waals surface area contributed by atoms with Crippen LogP contribution in [0.3, 0.4) is 0 Å². The van der Waals surface area contributed by atoms with Gasteiger partial charge < -0.3 is 9.84 Å². The third-order valence-corrected chi connectivity index (χ3v) is 3.39. The SMILES string of the molecule is COc1ccc(C#N)cc1CSC(C)CO. The van der Waals surface area contributed by atoms with Gasteiger partial charge in [-0.1, -0.05) is 6.92 Å². The van der Waals surface area contributed by atoms with Crippen LogP contribution in [0.5, 0.6) is 5.75 Å². The molecule has 16 heavy (non-hydrogen) atoms. The maximum Gasteiger partial charge on any atom is 0.122 e. The van der Waals surface area contributed by atoms with E-state index in [-0.39, 0.29) is 11.9 Å². The first-order chi connectivity index (χ1) is 7.71. The molecule has 1 rings (SSSR count). The lowest BCUT2D eigenvalue weighted by Gasteiger charge is -2.11. The van der Waals surface area contributed by atoms with Crippen molar-refractivity contribution in [3.63, 3.8) is 0 Å². The molecule has 1 aromatic carbocycles. The fraction of sp³-hybridized carbons (Fsp3) is 0.417. The minimum atomic E-state index is 0.158. The highest BCUT2D eigenvalue weighted by Gasteiger charge is 2.07. The van der Waals surface area contributed by atoms with E-state index in [0.29, 0.717) is 5.56 Å². The van der Waals surface area contributed by atoms with Gasteiger partial charge in [-0.3, -0.25) is 0 Å². The lowest BCUT2D eigenvalue weighted by Crippen LogP contribution is -2.03. The van der Waals surface area contributed by atoms with Gasteiger partial charge in [-0.15, -0.1) is 0 Å². The zero-order chi connectivity index (χ0) is 12.0. The predicted octanol–water partition coefficient (Wildman–Crippen LogP) is 2.18. The van der Waals surface area contributed by atoms with Crippen LogP contribution in [-0.2, 0) is 5.75 Å². The number of benzene rings is 1. The van der Waals surface area contributed by atoms with Crippen LogP contribution in [-0.4, -0.2) is 24.1 Å². The zero-order valence-corrected chi connectivity index (χ0v) is 10.3. The average molecular weight is 237 g/mol. The summed E-state index contributed by atoms with van der Waals surface area (Å²) in [5, 5.41) is 17.9. The number of methoxy groups -OCH3 is 1. The molecule has 0 aliphatic carbocycles. The number of hydrogen-bond donors (Lipinski definition) is 1. The molecule has 0 aromatic heterocycles. The highest BCUT2D eigenvalue weighted by atomic mass is 32.2. The Bertz CT molecular complexity index is 387. The Hall–Kier alpha value is -1.18. The molecule has 0 radical (unpaired) electrons. The fourth-order valence-electron chi connectivity index (χ4n) is 1.25. The first-order valence-electron chi connectivity index (χ1n) is 5.00. The lowest BCUT2D eigenvalue weighted by atomic mass is 10.1. The topological polar surface area (TPSA) is 53.2 Å². The number of aliphatic hydroxyl groups is 1. The van der Waals surface area contributed by atoms with Gasteiger partial charge in [0, 0.05) is 16.6 Å². The number of hydrogen-bond acceptors (Lipinski definition) is 4. The maximum absolute atomic E-state index is 8.94. The number of ether oxygens (including phenoxy) is 1. The molecule has 0 fully saturated rings. The number of nitriles is 1. The van der Waals surface area contributed by atoms with Gasteiger partial charge in [-0.05, 0) is 18.2 Å². The zero-order valence-electron chi connectivity index (χ0n) is 9.43. The van der Waals surface area contributed by atoms with Crippen molar-refractivity contribution in [2.45, 2.75) is 17.9 Å². The van der Waals surface area contributed by atoms with E-state index in [2.05, 4.69) is 6.07 Å². The normalized spacial score (nSPS) is 11.9. The first kappa shape index (κ1) is 12.9. The predicted molar refractivity (Wildman–Crippen MR) is 65.6 cm³/mol. The van der Waals surface area contributed by atoms with E-state index >= 15 is 0 Å². The second-order valence-corrected chi connectivity index (χ2v) is 4.87. The smallest absolute Gasteiger partial charge is 0.122 e. The molecule has 0 aliphatic heterocycles. The molecule has 0 amide bonds. The fourth-order valence-corrected chi connectivity index (χ4v) is 2.04. The summed E-state index contributed by atoms with van der Waals surface area (Å²) in [6, 6.07) is 7.48. The summed E-state index contributed by atoms with van der Waals surface area (Å²) in [7, 11) is 1.62. The van der Waals surface area contributed by atoms with Crippen LogP contribution in [0.2, 0.25) is 0 Å². The third kappa shape index (κ3) is 3.44. The van der Waals surface area contributed by atoms with Crippen LogP contribution in [0.4, 0.5) is 0 Å². The van der Waals surface area contributed by atoms with E-state index < -0.39 is 0 Å². The molecule has 0 bridgehead atoms. The van der Waals surface area contributed by atoms with E-state index in [1.54, 1.807) is 31.0 Å². The van der Waals surface area contributed by atoms with E-state index in [1.165, 1.54) is 0 Å². The van der Waals surface area contributed by atoms with Crippen molar-refractivity contribution in [1.29, 1.82) is 5.26 Å². The van der Waals surface area contributed by atoms with Crippen LogP contribution in [0.1, 0.15) is 18.1 Å². The molecule has 0 heterocycles. The third-order valence-electron chi connectivity index (χ3n) is 2.19. The monoisotopic (exact) mass is 237 g/mol. The highest BCUT2D eigenvalue weighted by molar-refractivity contribution is 7.99. The number of nitrogens with zero attached hydrogens (tertiary/aromatic N) is 1. The number of aliphatic hydroxyl groups excluding tert-OH is 1. The van der Waals surface area contributed by atoms with Crippen LogP contribution in [0.15, 0.2) is 18.2 Å². The minimum Gasteiger partial charge on any atom is -0.496 e. The summed E-state index contributed by atoms with van der Waals surface area (Å²) in [4.78, 5) is 0. The Morgan fingerprint density at radius 2 is 2.31 bits per heavy atom. The molecule has 3 nitrogen and oxygen atoms in total. The van der Waals surface area contributed by atoms with Gasteiger partial charge in [0.2, 0.25) is 0 Å². The summed E-state index contributed by atoms with van der Waals surface area (Å²) >= 11 is 1.64. The molecule has 86 valence electrons. The molecule has 0 saturated carbocycles. The van der Waals surface area contributed by atoms with E-state index in [1.807, 2.05) is 13.0 Å². The quantitative estimate of drug-likeness (QED) is 0.852. The standard InChI is InChI=1S/C12H15NO2S/c1-9(7-14)16-8-11-5-10(6-13)3-4-12(11)15-2/h3-5,9,14H,7-8H2,1-2H3. The molecule has 1 atom stereocenters. The molecule has 1 aromatic rings. The largest absolute Gasteiger partial charge is 0.496 e.